The van der Waals surface area contributed by atoms with Gasteiger partial charge < -0.3 is 4.74 Å². The Morgan fingerprint density at radius 1 is 1.50 bits per heavy atom. The van der Waals surface area contributed by atoms with Crippen molar-refractivity contribution in [3.63, 3.8) is 0 Å². The molecular formula is C11H13NO2. The number of nitrogens with zero attached hydrogens (tertiary/aromatic N) is 1. The number of benzene rings is 1. The van der Waals surface area contributed by atoms with Crippen molar-refractivity contribution in [2.24, 2.45) is 0 Å². The number of hydrogen-bond donors (Lipinski definition) is 0. The summed E-state index contributed by atoms with van der Waals surface area (Å²) in [4.78, 5) is 13.2. The zero-order valence-corrected chi connectivity index (χ0v) is 8.41. The number of ketones is 1. The van der Waals surface area contributed by atoms with Crippen LogP contribution in [-0.2, 0) is 6.54 Å². The van der Waals surface area contributed by atoms with Crippen molar-refractivity contribution in [2.45, 2.75) is 13.5 Å². The van der Waals surface area contributed by atoms with Gasteiger partial charge in [-0.2, -0.15) is 0 Å². The molecule has 1 aromatic carbocycles. The minimum absolute atomic E-state index is 0.0982. The first-order valence-corrected chi connectivity index (χ1v) is 4.62. The molecule has 0 bridgehead atoms. The van der Waals surface area contributed by atoms with Crippen LogP contribution in [-0.4, -0.2) is 24.5 Å². The lowest BCUT2D eigenvalue weighted by Gasteiger charge is -2.25. The molecule has 0 atom stereocenters. The maximum absolute atomic E-state index is 11.2. The Labute approximate surface area is 83.3 Å². The van der Waals surface area contributed by atoms with Gasteiger partial charge in [-0.3, -0.25) is 9.69 Å². The van der Waals surface area contributed by atoms with E-state index in [2.05, 4.69) is 4.90 Å². The summed E-state index contributed by atoms with van der Waals surface area (Å²) in [6, 6.07) is 5.60. The molecule has 1 aliphatic heterocycles. The lowest BCUT2D eigenvalue weighted by Crippen LogP contribution is -2.28. The molecule has 0 unspecified atom stereocenters. The van der Waals surface area contributed by atoms with E-state index in [9.17, 15) is 4.79 Å². The van der Waals surface area contributed by atoms with Crippen LogP contribution in [0.2, 0.25) is 0 Å². The van der Waals surface area contributed by atoms with Gasteiger partial charge in [0.05, 0.1) is 0 Å². The van der Waals surface area contributed by atoms with E-state index < -0.39 is 0 Å². The van der Waals surface area contributed by atoms with Crippen LogP contribution in [0, 0.1) is 0 Å². The first kappa shape index (κ1) is 9.21. The van der Waals surface area contributed by atoms with Gasteiger partial charge in [0.15, 0.2) is 5.78 Å². The van der Waals surface area contributed by atoms with E-state index in [0.29, 0.717) is 6.73 Å². The predicted octanol–water partition coefficient (Wildman–Crippen LogP) is 1.67. The van der Waals surface area contributed by atoms with E-state index in [4.69, 9.17) is 4.74 Å². The molecule has 1 heterocycles. The Balaban J connectivity index is 2.37. The number of carbonyl (C=O) groups excluding carboxylic acids is 1. The summed E-state index contributed by atoms with van der Waals surface area (Å²) >= 11 is 0. The van der Waals surface area contributed by atoms with Gasteiger partial charge in [-0.25, -0.2) is 0 Å². The van der Waals surface area contributed by atoms with Crippen LogP contribution in [0.4, 0.5) is 0 Å². The molecule has 1 aromatic rings. The van der Waals surface area contributed by atoms with Gasteiger partial charge in [0.1, 0.15) is 12.5 Å². The number of hydrogen-bond acceptors (Lipinski definition) is 3. The van der Waals surface area contributed by atoms with Crippen molar-refractivity contribution < 1.29 is 9.53 Å². The van der Waals surface area contributed by atoms with Gasteiger partial charge in [-0.15, -0.1) is 0 Å². The number of carbonyl (C=O) groups is 1. The summed E-state index contributed by atoms with van der Waals surface area (Å²) < 4.78 is 5.49. The minimum atomic E-state index is 0.0982. The summed E-state index contributed by atoms with van der Waals surface area (Å²) in [7, 11) is 1.99. The molecule has 0 aromatic heterocycles. The third-order valence-electron chi connectivity index (χ3n) is 2.35. The van der Waals surface area contributed by atoms with Gasteiger partial charge in [-0.1, -0.05) is 0 Å². The van der Waals surface area contributed by atoms with Crippen LogP contribution >= 0.6 is 0 Å². The highest BCUT2D eigenvalue weighted by Crippen LogP contribution is 2.25. The molecule has 1 aliphatic rings. The highest BCUT2D eigenvalue weighted by atomic mass is 16.5. The number of ether oxygens (including phenoxy) is 1. The number of rotatable bonds is 1. The molecule has 3 heteroatoms. The summed E-state index contributed by atoms with van der Waals surface area (Å²) in [5.74, 6) is 0.995. The standard InChI is InChI=1S/C11H13NO2/c1-8(13)9-3-4-11-10(5-9)6-12(2)7-14-11/h3-5H,6-7H2,1-2H3. The van der Waals surface area contributed by atoms with E-state index in [-0.39, 0.29) is 5.78 Å². The van der Waals surface area contributed by atoms with E-state index >= 15 is 0 Å². The molecule has 0 saturated carbocycles. The second-order valence-corrected chi connectivity index (χ2v) is 3.67. The third kappa shape index (κ3) is 1.63. The minimum Gasteiger partial charge on any atom is -0.478 e. The van der Waals surface area contributed by atoms with Crippen LogP contribution in [0.5, 0.6) is 5.75 Å². The largest absolute Gasteiger partial charge is 0.478 e. The van der Waals surface area contributed by atoms with E-state index in [0.717, 1.165) is 23.4 Å². The van der Waals surface area contributed by atoms with Crippen molar-refractivity contribution in [3.05, 3.63) is 29.3 Å². The Bertz CT molecular complexity index is 374. The SMILES string of the molecule is CC(=O)c1ccc2c(c1)CN(C)CO2. The second-order valence-electron chi connectivity index (χ2n) is 3.67. The average Bonchev–Trinajstić information content (AvgIpc) is 2.16. The van der Waals surface area contributed by atoms with Crippen LogP contribution in [0.15, 0.2) is 18.2 Å². The molecule has 0 aliphatic carbocycles. The summed E-state index contributed by atoms with van der Waals surface area (Å²) in [5.41, 5.74) is 1.84. The van der Waals surface area contributed by atoms with Crippen molar-refractivity contribution >= 4 is 5.78 Å². The van der Waals surface area contributed by atoms with E-state index in [1.165, 1.54) is 0 Å². The predicted molar refractivity (Wildman–Crippen MR) is 53.4 cm³/mol. The van der Waals surface area contributed by atoms with Gasteiger partial charge >= 0.3 is 0 Å². The lowest BCUT2D eigenvalue weighted by atomic mass is 10.1. The highest BCUT2D eigenvalue weighted by Gasteiger charge is 2.14. The quantitative estimate of drug-likeness (QED) is 0.632. The number of Topliss-reactive ketones (excluding diaryl/α,β-unsaturated/α-hetero) is 1. The molecule has 0 saturated heterocycles. The number of fused-ring (bicyclic) bond motifs is 1. The topological polar surface area (TPSA) is 29.5 Å². The van der Waals surface area contributed by atoms with Crippen LogP contribution < -0.4 is 4.74 Å². The highest BCUT2D eigenvalue weighted by molar-refractivity contribution is 5.94. The molecule has 2 rings (SSSR count). The molecule has 0 fully saturated rings. The van der Waals surface area contributed by atoms with Crippen molar-refractivity contribution in [2.75, 3.05) is 13.8 Å². The van der Waals surface area contributed by atoms with E-state index in [1.54, 1.807) is 6.92 Å². The van der Waals surface area contributed by atoms with Crippen LogP contribution in [0.25, 0.3) is 0 Å². The van der Waals surface area contributed by atoms with Gasteiger partial charge in [0.2, 0.25) is 0 Å². The first-order chi connectivity index (χ1) is 6.66. The molecule has 0 N–H and O–H groups in total. The average molecular weight is 191 g/mol. The summed E-state index contributed by atoms with van der Waals surface area (Å²) in [5, 5.41) is 0. The van der Waals surface area contributed by atoms with E-state index in [1.807, 2.05) is 25.2 Å². The first-order valence-electron chi connectivity index (χ1n) is 4.62. The van der Waals surface area contributed by atoms with Gasteiger partial charge in [0.25, 0.3) is 0 Å². The Kier molecular flexibility index (Phi) is 2.25. The smallest absolute Gasteiger partial charge is 0.159 e. The van der Waals surface area contributed by atoms with Crippen molar-refractivity contribution in [1.29, 1.82) is 0 Å². The Morgan fingerprint density at radius 2 is 2.29 bits per heavy atom. The molecular weight excluding hydrogens is 178 g/mol. The third-order valence-corrected chi connectivity index (χ3v) is 2.35. The molecule has 3 nitrogen and oxygen atoms in total. The maximum atomic E-state index is 11.2. The normalized spacial score (nSPS) is 15.9. The summed E-state index contributed by atoms with van der Waals surface area (Å²) in [6.45, 7) is 3.04. The fourth-order valence-corrected chi connectivity index (χ4v) is 1.58. The monoisotopic (exact) mass is 191 g/mol. The van der Waals surface area contributed by atoms with Gasteiger partial charge in [0, 0.05) is 17.7 Å². The fraction of sp³-hybridized carbons (Fsp3) is 0.364. The molecule has 14 heavy (non-hydrogen) atoms. The summed E-state index contributed by atoms with van der Waals surface area (Å²) in [6.07, 6.45) is 0. The maximum Gasteiger partial charge on any atom is 0.159 e. The zero-order valence-electron chi connectivity index (χ0n) is 8.41. The van der Waals surface area contributed by atoms with Crippen LogP contribution in [0.3, 0.4) is 0 Å². The molecule has 0 amide bonds. The Hall–Kier alpha value is -1.35. The lowest BCUT2D eigenvalue weighted by molar-refractivity contribution is 0.101. The second kappa shape index (κ2) is 3.42. The zero-order chi connectivity index (χ0) is 10.1. The Morgan fingerprint density at radius 3 is 3.00 bits per heavy atom. The van der Waals surface area contributed by atoms with Gasteiger partial charge in [-0.05, 0) is 32.2 Å². The fourth-order valence-electron chi connectivity index (χ4n) is 1.58. The molecule has 0 spiro atoms. The van der Waals surface area contributed by atoms with Crippen LogP contribution in [0.1, 0.15) is 22.8 Å². The van der Waals surface area contributed by atoms with Crippen molar-refractivity contribution in [1.82, 2.24) is 4.90 Å². The molecule has 0 radical (unpaired) electrons. The molecule has 74 valence electrons. The van der Waals surface area contributed by atoms with Crippen molar-refractivity contribution in [3.8, 4) is 5.75 Å².